The summed E-state index contributed by atoms with van der Waals surface area (Å²) in [7, 11) is 0. The van der Waals surface area contributed by atoms with E-state index in [0.29, 0.717) is 12.4 Å². The van der Waals surface area contributed by atoms with Crippen molar-refractivity contribution in [1.82, 2.24) is 5.16 Å². The smallest absolute Gasteiger partial charge is 0.162 e. The Bertz CT molecular complexity index is 439. The minimum absolute atomic E-state index is 0.330. The van der Waals surface area contributed by atoms with Crippen molar-refractivity contribution in [2.24, 2.45) is 5.73 Å². The third kappa shape index (κ3) is 2.68. The van der Waals surface area contributed by atoms with Crippen molar-refractivity contribution < 1.29 is 9.26 Å². The first-order valence-electron chi connectivity index (χ1n) is 5.10. The molecular formula is C12H14N2O2. The zero-order valence-corrected chi connectivity index (χ0v) is 9.09. The van der Waals surface area contributed by atoms with Gasteiger partial charge < -0.3 is 15.0 Å². The average molecular weight is 218 g/mol. The summed E-state index contributed by atoms with van der Waals surface area (Å²) >= 11 is 0. The summed E-state index contributed by atoms with van der Waals surface area (Å²) < 4.78 is 10.5. The van der Waals surface area contributed by atoms with E-state index in [0.717, 1.165) is 11.3 Å². The minimum Gasteiger partial charge on any atom is -0.359 e. The number of nitrogens with zero attached hydrogens (tertiary/aromatic N) is 1. The standard InChI is InChI=1S/C12H14N2O2/c1-9-7-11(16-14-9)8-15-12(13)10-5-3-2-4-6-10/h2-7,12H,8,13H2,1H3. The summed E-state index contributed by atoms with van der Waals surface area (Å²) in [5.74, 6) is 0.684. The molecule has 0 bridgehead atoms. The van der Waals surface area contributed by atoms with Crippen LogP contribution in [0.1, 0.15) is 23.2 Å². The van der Waals surface area contributed by atoms with Crippen LogP contribution in [0.3, 0.4) is 0 Å². The van der Waals surface area contributed by atoms with Gasteiger partial charge in [0.1, 0.15) is 12.8 Å². The molecule has 0 saturated carbocycles. The van der Waals surface area contributed by atoms with Gasteiger partial charge in [0, 0.05) is 6.07 Å². The highest BCUT2D eigenvalue weighted by molar-refractivity contribution is 5.16. The molecule has 1 atom stereocenters. The molecule has 2 aromatic rings. The second-order valence-electron chi connectivity index (χ2n) is 3.58. The fraction of sp³-hybridized carbons (Fsp3) is 0.250. The largest absolute Gasteiger partial charge is 0.359 e. The second-order valence-corrected chi connectivity index (χ2v) is 3.58. The summed E-state index contributed by atoms with van der Waals surface area (Å²) in [4.78, 5) is 0. The van der Waals surface area contributed by atoms with Crippen LogP contribution in [-0.4, -0.2) is 5.16 Å². The molecule has 2 N–H and O–H groups in total. The van der Waals surface area contributed by atoms with E-state index in [4.69, 9.17) is 15.0 Å². The summed E-state index contributed by atoms with van der Waals surface area (Å²) in [6.07, 6.45) is -0.438. The summed E-state index contributed by atoms with van der Waals surface area (Å²) in [6, 6.07) is 11.5. The predicted molar refractivity (Wildman–Crippen MR) is 59.4 cm³/mol. The van der Waals surface area contributed by atoms with Gasteiger partial charge in [0.05, 0.1) is 5.69 Å². The van der Waals surface area contributed by atoms with E-state index in [-0.39, 0.29) is 0 Å². The molecule has 0 aliphatic rings. The highest BCUT2D eigenvalue weighted by Gasteiger charge is 2.07. The lowest BCUT2D eigenvalue weighted by Gasteiger charge is -2.11. The van der Waals surface area contributed by atoms with Crippen LogP contribution in [-0.2, 0) is 11.3 Å². The van der Waals surface area contributed by atoms with Crippen LogP contribution in [0.4, 0.5) is 0 Å². The molecular weight excluding hydrogens is 204 g/mol. The fourth-order valence-corrected chi connectivity index (χ4v) is 1.40. The molecule has 1 aromatic carbocycles. The lowest BCUT2D eigenvalue weighted by molar-refractivity contribution is 0.0313. The van der Waals surface area contributed by atoms with Gasteiger partial charge in [-0.1, -0.05) is 35.5 Å². The first-order chi connectivity index (χ1) is 7.75. The van der Waals surface area contributed by atoms with Gasteiger partial charge >= 0.3 is 0 Å². The Morgan fingerprint density at radius 1 is 1.38 bits per heavy atom. The van der Waals surface area contributed by atoms with Crippen LogP contribution in [0.15, 0.2) is 40.9 Å². The molecule has 1 unspecified atom stereocenters. The van der Waals surface area contributed by atoms with Crippen LogP contribution in [0, 0.1) is 6.92 Å². The highest BCUT2D eigenvalue weighted by Crippen LogP contribution is 2.13. The van der Waals surface area contributed by atoms with Crippen molar-refractivity contribution in [2.45, 2.75) is 19.8 Å². The van der Waals surface area contributed by atoms with Crippen LogP contribution in [0.5, 0.6) is 0 Å². The Labute approximate surface area is 94.0 Å². The number of hydrogen-bond donors (Lipinski definition) is 1. The van der Waals surface area contributed by atoms with E-state index < -0.39 is 6.23 Å². The number of rotatable bonds is 4. The average Bonchev–Trinajstić information content (AvgIpc) is 2.73. The summed E-state index contributed by atoms with van der Waals surface area (Å²) in [5.41, 5.74) is 7.65. The molecule has 0 saturated heterocycles. The maximum absolute atomic E-state index is 5.87. The van der Waals surface area contributed by atoms with Gasteiger partial charge in [0.25, 0.3) is 0 Å². The molecule has 2 rings (SSSR count). The molecule has 0 aliphatic heterocycles. The van der Waals surface area contributed by atoms with Crippen LogP contribution in [0.2, 0.25) is 0 Å². The van der Waals surface area contributed by atoms with E-state index in [9.17, 15) is 0 Å². The number of nitrogens with two attached hydrogens (primary N) is 1. The molecule has 0 radical (unpaired) electrons. The van der Waals surface area contributed by atoms with Gasteiger partial charge in [-0.15, -0.1) is 0 Å². The first kappa shape index (κ1) is 10.9. The Morgan fingerprint density at radius 3 is 2.75 bits per heavy atom. The third-order valence-corrected chi connectivity index (χ3v) is 2.21. The normalized spacial score (nSPS) is 12.6. The van der Waals surface area contributed by atoms with Crippen LogP contribution >= 0.6 is 0 Å². The quantitative estimate of drug-likeness (QED) is 0.799. The van der Waals surface area contributed by atoms with Crippen molar-refractivity contribution in [3.8, 4) is 0 Å². The topological polar surface area (TPSA) is 61.3 Å². The van der Waals surface area contributed by atoms with Crippen molar-refractivity contribution in [1.29, 1.82) is 0 Å². The Morgan fingerprint density at radius 2 is 2.12 bits per heavy atom. The molecule has 1 heterocycles. The van der Waals surface area contributed by atoms with Crippen molar-refractivity contribution >= 4 is 0 Å². The third-order valence-electron chi connectivity index (χ3n) is 2.21. The number of aromatic nitrogens is 1. The van der Waals surface area contributed by atoms with Gasteiger partial charge in [-0.3, -0.25) is 0 Å². The van der Waals surface area contributed by atoms with Crippen molar-refractivity contribution in [3.05, 3.63) is 53.4 Å². The maximum atomic E-state index is 5.87. The van der Waals surface area contributed by atoms with E-state index in [1.54, 1.807) is 0 Å². The molecule has 0 spiro atoms. The van der Waals surface area contributed by atoms with Gasteiger partial charge in [0.2, 0.25) is 0 Å². The predicted octanol–water partition coefficient (Wildman–Crippen LogP) is 2.16. The number of aryl methyl sites for hydroxylation is 1. The van der Waals surface area contributed by atoms with E-state index in [1.165, 1.54) is 0 Å². The molecule has 84 valence electrons. The van der Waals surface area contributed by atoms with Gasteiger partial charge in [-0.05, 0) is 12.5 Å². The van der Waals surface area contributed by atoms with Crippen LogP contribution in [0.25, 0.3) is 0 Å². The highest BCUT2D eigenvalue weighted by atomic mass is 16.5. The SMILES string of the molecule is Cc1cc(COC(N)c2ccccc2)on1. The van der Waals surface area contributed by atoms with Gasteiger partial charge in [-0.2, -0.15) is 0 Å². The summed E-state index contributed by atoms with van der Waals surface area (Å²) in [5, 5.41) is 3.77. The van der Waals surface area contributed by atoms with Gasteiger partial charge in [0.15, 0.2) is 5.76 Å². The lowest BCUT2D eigenvalue weighted by Crippen LogP contribution is -2.13. The van der Waals surface area contributed by atoms with Crippen molar-refractivity contribution in [2.75, 3.05) is 0 Å². The Kier molecular flexibility index (Phi) is 3.34. The number of hydrogen-bond acceptors (Lipinski definition) is 4. The molecule has 0 aliphatic carbocycles. The monoisotopic (exact) mass is 218 g/mol. The molecule has 16 heavy (non-hydrogen) atoms. The molecule has 0 amide bonds. The second kappa shape index (κ2) is 4.92. The van der Waals surface area contributed by atoms with Gasteiger partial charge in [-0.25, -0.2) is 0 Å². The number of benzene rings is 1. The Hall–Kier alpha value is -1.65. The lowest BCUT2D eigenvalue weighted by atomic mass is 10.2. The minimum atomic E-state index is -0.438. The summed E-state index contributed by atoms with van der Waals surface area (Å²) in [6.45, 7) is 2.20. The van der Waals surface area contributed by atoms with Crippen LogP contribution < -0.4 is 5.73 Å². The molecule has 0 fully saturated rings. The number of ether oxygens (including phenoxy) is 1. The zero-order valence-electron chi connectivity index (χ0n) is 9.09. The van der Waals surface area contributed by atoms with E-state index in [2.05, 4.69) is 5.16 Å². The zero-order chi connectivity index (χ0) is 11.4. The maximum Gasteiger partial charge on any atom is 0.162 e. The molecule has 4 heteroatoms. The van der Waals surface area contributed by atoms with E-state index >= 15 is 0 Å². The molecule has 1 aromatic heterocycles. The first-order valence-corrected chi connectivity index (χ1v) is 5.10. The fourth-order valence-electron chi connectivity index (χ4n) is 1.40. The molecule has 4 nitrogen and oxygen atoms in total. The Balaban J connectivity index is 1.91. The van der Waals surface area contributed by atoms with E-state index in [1.807, 2.05) is 43.3 Å². The van der Waals surface area contributed by atoms with Crippen molar-refractivity contribution in [3.63, 3.8) is 0 Å².